The normalized spacial score (nSPS) is 19.2. The molecule has 1 heterocycles. The lowest BCUT2D eigenvalue weighted by molar-refractivity contribution is 0.237. The molecule has 0 fully saturated rings. The minimum absolute atomic E-state index is 0.687. The Balaban J connectivity index is 2.30. The standard InChI is InChI=1S/C11H22N2/c1-10(2)13-8-5-11(6-9-13)4-3-7-12/h5,10H,3-4,6-9,12H2,1-2H3. The zero-order chi connectivity index (χ0) is 9.68. The molecule has 0 unspecified atom stereocenters. The third kappa shape index (κ3) is 3.49. The van der Waals surface area contributed by atoms with Gasteiger partial charge in [0, 0.05) is 19.1 Å². The highest BCUT2D eigenvalue weighted by Crippen LogP contribution is 2.16. The van der Waals surface area contributed by atoms with E-state index >= 15 is 0 Å². The van der Waals surface area contributed by atoms with Gasteiger partial charge in [-0.3, -0.25) is 4.90 Å². The maximum absolute atomic E-state index is 5.48. The average Bonchev–Trinajstić information content (AvgIpc) is 2.15. The Morgan fingerprint density at radius 2 is 2.31 bits per heavy atom. The van der Waals surface area contributed by atoms with Crippen LogP contribution in [0.5, 0.6) is 0 Å². The van der Waals surface area contributed by atoms with E-state index in [1.54, 1.807) is 5.57 Å². The number of hydrogen-bond donors (Lipinski definition) is 1. The van der Waals surface area contributed by atoms with Crippen LogP contribution in [0.15, 0.2) is 11.6 Å². The van der Waals surface area contributed by atoms with Crippen LogP contribution < -0.4 is 5.73 Å². The Morgan fingerprint density at radius 3 is 2.77 bits per heavy atom. The van der Waals surface area contributed by atoms with Crippen LogP contribution in [0.1, 0.15) is 33.1 Å². The summed E-state index contributed by atoms with van der Waals surface area (Å²) in [6, 6.07) is 0.687. The van der Waals surface area contributed by atoms with Crippen molar-refractivity contribution < 1.29 is 0 Å². The summed E-state index contributed by atoms with van der Waals surface area (Å²) in [4.78, 5) is 2.51. The second-order valence-corrected chi connectivity index (χ2v) is 4.09. The van der Waals surface area contributed by atoms with Crippen LogP contribution >= 0.6 is 0 Å². The molecule has 0 saturated heterocycles. The molecule has 2 nitrogen and oxygen atoms in total. The van der Waals surface area contributed by atoms with Crippen LogP contribution in [-0.4, -0.2) is 30.6 Å². The Labute approximate surface area is 81.8 Å². The van der Waals surface area contributed by atoms with Gasteiger partial charge in [-0.2, -0.15) is 0 Å². The highest BCUT2D eigenvalue weighted by Gasteiger charge is 2.13. The van der Waals surface area contributed by atoms with Gasteiger partial charge in [0.1, 0.15) is 0 Å². The molecule has 0 atom stereocenters. The predicted octanol–water partition coefficient (Wildman–Crippen LogP) is 1.77. The van der Waals surface area contributed by atoms with Gasteiger partial charge < -0.3 is 5.73 Å². The lowest BCUT2D eigenvalue weighted by Crippen LogP contribution is -2.34. The van der Waals surface area contributed by atoms with Crippen molar-refractivity contribution in [3.63, 3.8) is 0 Å². The van der Waals surface area contributed by atoms with E-state index in [2.05, 4.69) is 24.8 Å². The molecule has 1 rings (SSSR count). The molecule has 0 radical (unpaired) electrons. The second kappa shape index (κ2) is 5.40. The molecule has 2 N–H and O–H groups in total. The van der Waals surface area contributed by atoms with E-state index < -0.39 is 0 Å². The van der Waals surface area contributed by atoms with Crippen molar-refractivity contribution in [1.82, 2.24) is 4.90 Å². The molecule has 0 aromatic heterocycles. The summed E-state index contributed by atoms with van der Waals surface area (Å²) in [7, 11) is 0. The SMILES string of the molecule is CC(C)N1CC=C(CCCN)CC1. The molecule has 0 aliphatic carbocycles. The van der Waals surface area contributed by atoms with Crippen LogP contribution in [0.3, 0.4) is 0 Å². The average molecular weight is 182 g/mol. The second-order valence-electron chi connectivity index (χ2n) is 4.09. The van der Waals surface area contributed by atoms with E-state index in [1.807, 2.05) is 0 Å². The molecule has 13 heavy (non-hydrogen) atoms. The topological polar surface area (TPSA) is 29.3 Å². The lowest BCUT2D eigenvalue weighted by Gasteiger charge is -2.29. The van der Waals surface area contributed by atoms with Gasteiger partial charge in [-0.1, -0.05) is 11.6 Å². The number of rotatable bonds is 4. The molecular weight excluding hydrogens is 160 g/mol. The summed E-state index contributed by atoms with van der Waals surface area (Å²) in [5, 5.41) is 0. The molecule has 0 bridgehead atoms. The summed E-state index contributed by atoms with van der Waals surface area (Å²) in [5.41, 5.74) is 7.10. The van der Waals surface area contributed by atoms with Crippen molar-refractivity contribution >= 4 is 0 Å². The van der Waals surface area contributed by atoms with Crippen LogP contribution in [0.4, 0.5) is 0 Å². The monoisotopic (exact) mass is 182 g/mol. The highest BCUT2D eigenvalue weighted by molar-refractivity contribution is 5.07. The van der Waals surface area contributed by atoms with Crippen molar-refractivity contribution in [2.24, 2.45) is 5.73 Å². The van der Waals surface area contributed by atoms with Crippen molar-refractivity contribution in [3.8, 4) is 0 Å². The van der Waals surface area contributed by atoms with E-state index in [4.69, 9.17) is 5.73 Å². The molecule has 0 aromatic carbocycles. The minimum atomic E-state index is 0.687. The fraction of sp³-hybridized carbons (Fsp3) is 0.818. The molecule has 76 valence electrons. The molecule has 1 aliphatic rings. The van der Waals surface area contributed by atoms with E-state index in [9.17, 15) is 0 Å². The number of hydrogen-bond acceptors (Lipinski definition) is 2. The quantitative estimate of drug-likeness (QED) is 0.671. The van der Waals surface area contributed by atoms with Crippen molar-refractivity contribution in [1.29, 1.82) is 0 Å². The third-order valence-corrected chi connectivity index (χ3v) is 2.77. The summed E-state index contributed by atoms with van der Waals surface area (Å²) >= 11 is 0. The Kier molecular flexibility index (Phi) is 4.46. The predicted molar refractivity (Wildman–Crippen MR) is 57.7 cm³/mol. The Hall–Kier alpha value is -0.340. The van der Waals surface area contributed by atoms with E-state index in [0.29, 0.717) is 6.04 Å². The van der Waals surface area contributed by atoms with Crippen LogP contribution in [0.2, 0.25) is 0 Å². The Bertz CT molecular complexity index is 173. The summed E-state index contributed by atoms with van der Waals surface area (Å²) < 4.78 is 0. The molecule has 2 heteroatoms. The first-order chi connectivity index (χ1) is 6.24. The zero-order valence-electron chi connectivity index (χ0n) is 8.92. The van der Waals surface area contributed by atoms with Gasteiger partial charge >= 0.3 is 0 Å². The highest BCUT2D eigenvalue weighted by atomic mass is 15.1. The first-order valence-corrected chi connectivity index (χ1v) is 5.36. The molecule has 0 amide bonds. The molecular formula is C11H22N2. The molecule has 0 aromatic rings. The smallest absolute Gasteiger partial charge is 0.0168 e. The lowest BCUT2D eigenvalue weighted by atomic mass is 10.0. The first-order valence-electron chi connectivity index (χ1n) is 5.36. The van der Waals surface area contributed by atoms with Gasteiger partial charge in [0.15, 0.2) is 0 Å². The number of nitrogens with zero attached hydrogens (tertiary/aromatic N) is 1. The van der Waals surface area contributed by atoms with Gasteiger partial charge in [0.25, 0.3) is 0 Å². The zero-order valence-corrected chi connectivity index (χ0v) is 8.92. The summed E-state index contributed by atoms with van der Waals surface area (Å²) in [6.07, 6.45) is 5.99. The largest absolute Gasteiger partial charge is 0.330 e. The van der Waals surface area contributed by atoms with Crippen LogP contribution in [-0.2, 0) is 0 Å². The minimum Gasteiger partial charge on any atom is -0.330 e. The third-order valence-electron chi connectivity index (χ3n) is 2.77. The van der Waals surface area contributed by atoms with Gasteiger partial charge in [-0.15, -0.1) is 0 Å². The van der Waals surface area contributed by atoms with Gasteiger partial charge in [0.05, 0.1) is 0 Å². The molecule has 0 spiro atoms. The van der Waals surface area contributed by atoms with E-state index in [-0.39, 0.29) is 0 Å². The fourth-order valence-electron chi connectivity index (χ4n) is 1.75. The first kappa shape index (κ1) is 10.7. The Morgan fingerprint density at radius 1 is 1.54 bits per heavy atom. The maximum Gasteiger partial charge on any atom is 0.0168 e. The molecule has 0 saturated carbocycles. The van der Waals surface area contributed by atoms with Crippen molar-refractivity contribution in [2.75, 3.05) is 19.6 Å². The van der Waals surface area contributed by atoms with Crippen molar-refractivity contribution in [3.05, 3.63) is 11.6 Å². The van der Waals surface area contributed by atoms with Gasteiger partial charge in [-0.05, 0) is 39.7 Å². The molecule has 1 aliphatic heterocycles. The number of nitrogens with two attached hydrogens (primary N) is 1. The van der Waals surface area contributed by atoms with E-state index in [1.165, 1.54) is 19.4 Å². The summed E-state index contributed by atoms with van der Waals surface area (Å²) in [5.74, 6) is 0. The maximum atomic E-state index is 5.48. The van der Waals surface area contributed by atoms with E-state index in [0.717, 1.165) is 19.5 Å². The van der Waals surface area contributed by atoms with Crippen LogP contribution in [0.25, 0.3) is 0 Å². The van der Waals surface area contributed by atoms with Gasteiger partial charge in [-0.25, -0.2) is 0 Å². The van der Waals surface area contributed by atoms with Gasteiger partial charge in [0.2, 0.25) is 0 Å². The van der Waals surface area contributed by atoms with Crippen LogP contribution in [0, 0.1) is 0 Å². The fourth-order valence-corrected chi connectivity index (χ4v) is 1.75. The summed E-state index contributed by atoms with van der Waals surface area (Å²) in [6.45, 7) is 7.72. The van der Waals surface area contributed by atoms with Crippen molar-refractivity contribution in [2.45, 2.75) is 39.2 Å².